The zero-order valence-corrected chi connectivity index (χ0v) is 17.4. The maximum Gasteiger partial charge on any atom is 0.267 e. The number of ether oxygens (including phenoxy) is 2. The summed E-state index contributed by atoms with van der Waals surface area (Å²) in [4.78, 5) is 15.8. The van der Waals surface area contributed by atoms with Crippen LogP contribution in [0.2, 0.25) is 5.02 Å². The van der Waals surface area contributed by atoms with Crippen molar-refractivity contribution in [2.24, 2.45) is 0 Å². The summed E-state index contributed by atoms with van der Waals surface area (Å²) in [5.74, 6) is 0.668. The largest absolute Gasteiger partial charge is 0.487 e. The molecular formula is C22H22ClNO3S. The summed E-state index contributed by atoms with van der Waals surface area (Å²) in [7, 11) is 0. The van der Waals surface area contributed by atoms with E-state index < -0.39 is 0 Å². The molecule has 4 nitrogen and oxygen atoms in total. The van der Waals surface area contributed by atoms with Crippen molar-refractivity contribution in [2.75, 3.05) is 13.1 Å². The molecule has 1 fully saturated rings. The molecule has 2 atom stereocenters. The fourth-order valence-electron chi connectivity index (χ4n) is 3.53. The molecule has 1 aliphatic heterocycles. The first-order valence-corrected chi connectivity index (χ1v) is 10.5. The van der Waals surface area contributed by atoms with Crippen molar-refractivity contribution in [1.82, 2.24) is 4.90 Å². The highest BCUT2D eigenvalue weighted by Gasteiger charge is 2.30. The van der Waals surface area contributed by atoms with E-state index in [0.717, 1.165) is 15.6 Å². The number of fused-ring (bicyclic) bond motifs is 1. The van der Waals surface area contributed by atoms with Gasteiger partial charge in [0.25, 0.3) is 5.91 Å². The fraction of sp³-hybridized carbons (Fsp3) is 0.318. The Morgan fingerprint density at radius 1 is 1.14 bits per heavy atom. The Hall–Kier alpha value is -2.08. The Balaban J connectivity index is 1.64. The zero-order chi connectivity index (χ0) is 19.7. The second-order valence-electron chi connectivity index (χ2n) is 7.14. The molecule has 28 heavy (non-hydrogen) atoms. The van der Waals surface area contributed by atoms with Gasteiger partial charge in [0, 0.05) is 28.2 Å². The van der Waals surface area contributed by atoms with Crippen molar-refractivity contribution in [3.63, 3.8) is 0 Å². The summed E-state index contributed by atoms with van der Waals surface area (Å²) in [6.07, 6.45) is 0.0565. The van der Waals surface area contributed by atoms with Gasteiger partial charge in [0.1, 0.15) is 11.5 Å². The first-order valence-electron chi connectivity index (χ1n) is 9.35. The molecule has 0 radical (unpaired) electrons. The van der Waals surface area contributed by atoms with E-state index in [4.69, 9.17) is 21.1 Å². The Kier molecular flexibility index (Phi) is 5.58. The standard InChI is InChI=1S/C22H22ClNO3S/c1-14-11-24(12-15(2)27-14)22(25)21-20(18-5-3-4-6-19(18)28-21)26-13-16-7-9-17(23)10-8-16/h3-10,14-15H,11-13H2,1-2H3/t14-,15+. The fourth-order valence-corrected chi connectivity index (χ4v) is 4.77. The van der Waals surface area contributed by atoms with E-state index in [9.17, 15) is 4.79 Å². The Bertz CT molecular complexity index is 975. The van der Waals surface area contributed by atoms with Crippen molar-refractivity contribution >= 4 is 38.9 Å². The van der Waals surface area contributed by atoms with Crippen molar-refractivity contribution in [2.45, 2.75) is 32.7 Å². The molecular weight excluding hydrogens is 394 g/mol. The number of rotatable bonds is 4. The third-order valence-corrected chi connectivity index (χ3v) is 6.14. The molecule has 1 aliphatic rings. The zero-order valence-electron chi connectivity index (χ0n) is 15.9. The van der Waals surface area contributed by atoms with E-state index in [0.29, 0.717) is 35.3 Å². The van der Waals surface area contributed by atoms with Crippen LogP contribution in [0.25, 0.3) is 10.1 Å². The molecule has 0 unspecified atom stereocenters. The Morgan fingerprint density at radius 2 is 1.82 bits per heavy atom. The third-order valence-electron chi connectivity index (χ3n) is 4.75. The van der Waals surface area contributed by atoms with E-state index in [1.54, 1.807) is 0 Å². The van der Waals surface area contributed by atoms with Gasteiger partial charge in [0.05, 0.1) is 12.2 Å². The van der Waals surface area contributed by atoms with Crippen LogP contribution in [0.4, 0.5) is 0 Å². The minimum atomic E-state index is 0.00862. The monoisotopic (exact) mass is 415 g/mol. The summed E-state index contributed by atoms with van der Waals surface area (Å²) < 4.78 is 13.0. The number of hydrogen-bond donors (Lipinski definition) is 0. The van der Waals surface area contributed by atoms with Crippen LogP contribution in [0.15, 0.2) is 48.5 Å². The molecule has 1 amide bonds. The van der Waals surface area contributed by atoms with Gasteiger partial charge >= 0.3 is 0 Å². The first-order chi connectivity index (χ1) is 13.5. The van der Waals surface area contributed by atoms with Gasteiger partial charge in [0.2, 0.25) is 0 Å². The first kappa shape index (κ1) is 19.2. The summed E-state index contributed by atoms with van der Waals surface area (Å²) in [6, 6.07) is 15.5. The van der Waals surface area contributed by atoms with Crippen molar-refractivity contribution in [1.29, 1.82) is 0 Å². The van der Waals surface area contributed by atoms with E-state index in [-0.39, 0.29) is 18.1 Å². The molecule has 0 aliphatic carbocycles. The number of halogens is 1. The quantitative estimate of drug-likeness (QED) is 0.574. The molecule has 2 aromatic carbocycles. The van der Waals surface area contributed by atoms with Crippen LogP contribution >= 0.6 is 22.9 Å². The van der Waals surface area contributed by atoms with Crippen LogP contribution in [0, 0.1) is 0 Å². The Morgan fingerprint density at radius 3 is 2.54 bits per heavy atom. The normalized spacial score (nSPS) is 19.8. The number of amides is 1. The van der Waals surface area contributed by atoms with E-state index in [2.05, 4.69) is 0 Å². The Labute approximate surface area is 173 Å². The summed E-state index contributed by atoms with van der Waals surface area (Å²) >= 11 is 7.45. The van der Waals surface area contributed by atoms with E-state index in [1.165, 1.54) is 11.3 Å². The second-order valence-corrected chi connectivity index (χ2v) is 8.63. The molecule has 3 aromatic rings. The molecule has 1 saturated heterocycles. The topological polar surface area (TPSA) is 38.8 Å². The van der Waals surface area contributed by atoms with Gasteiger partial charge in [-0.05, 0) is 43.7 Å². The van der Waals surface area contributed by atoms with Crippen molar-refractivity contribution in [3.8, 4) is 5.75 Å². The SMILES string of the molecule is C[C@@H]1CN(C(=O)c2sc3ccccc3c2OCc2ccc(Cl)cc2)C[C@H](C)O1. The maximum absolute atomic E-state index is 13.3. The highest BCUT2D eigenvalue weighted by Crippen LogP contribution is 2.39. The lowest BCUT2D eigenvalue weighted by atomic mass is 10.2. The van der Waals surface area contributed by atoms with Crippen LogP contribution in [-0.4, -0.2) is 36.1 Å². The highest BCUT2D eigenvalue weighted by molar-refractivity contribution is 7.21. The molecule has 2 heterocycles. The minimum Gasteiger partial charge on any atom is -0.487 e. The number of hydrogen-bond acceptors (Lipinski definition) is 4. The lowest BCUT2D eigenvalue weighted by Crippen LogP contribution is -2.48. The summed E-state index contributed by atoms with van der Waals surface area (Å²) in [5.41, 5.74) is 1.01. The van der Waals surface area contributed by atoms with Gasteiger partial charge in [-0.25, -0.2) is 0 Å². The number of carbonyl (C=O) groups excluding carboxylic acids is 1. The van der Waals surface area contributed by atoms with Crippen LogP contribution in [0.3, 0.4) is 0 Å². The van der Waals surface area contributed by atoms with Gasteiger partial charge in [-0.2, -0.15) is 0 Å². The van der Waals surface area contributed by atoms with Crippen LogP contribution in [-0.2, 0) is 11.3 Å². The number of thiophene rings is 1. The van der Waals surface area contributed by atoms with Gasteiger partial charge in [0.15, 0.2) is 5.75 Å². The minimum absolute atomic E-state index is 0.00862. The van der Waals surface area contributed by atoms with Gasteiger partial charge < -0.3 is 14.4 Å². The number of morpholine rings is 1. The predicted molar refractivity (Wildman–Crippen MR) is 114 cm³/mol. The van der Waals surface area contributed by atoms with Crippen molar-refractivity contribution < 1.29 is 14.3 Å². The number of carbonyl (C=O) groups is 1. The smallest absolute Gasteiger partial charge is 0.267 e. The molecule has 6 heteroatoms. The third kappa shape index (κ3) is 4.02. The molecule has 0 saturated carbocycles. The van der Waals surface area contributed by atoms with E-state index in [1.807, 2.05) is 67.3 Å². The van der Waals surface area contributed by atoms with Crippen molar-refractivity contribution in [3.05, 3.63) is 64.0 Å². The predicted octanol–water partition coefficient (Wildman–Crippen LogP) is 5.38. The van der Waals surface area contributed by atoms with Gasteiger partial charge in [-0.1, -0.05) is 35.9 Å². The molecule has 0 spiro atoms. The molecule has 0 N–H and O–H groups in total. The van der Waals surface area contributed by atoms with Crippen LogP contribution in [0.1, 0.15) is 29.1 Å². The number of nitrogens with zero attached hydrogens (tertiary/aromatic N) is 1. The van der Waals surface area contributed by atoms with Crippen LogP contribution in [0.5, 0.6) is 5.75 Å². The lowest BCUT2D eigenvalue weighted by molar-refractivity contribution is -0.0585. The summed E-state index contributed by atoms with van der Waals surface area (Å²) in [6.45, 7) is 5.56. The second kappa shape index (κ2) is 8.11. The van der Waals surface area contributed by atoms with Gasteiger partial charge in [-0.3, -0.25) is 4.79 Å². The number of benzene rings is 2. The molecule has 0 bridgehead atoms. The highest BCUT2D eigenvalue weighted by atomic mass is 35.5. The molecule has 1 aromatic heterocycles. The van der Waals surface area contributed by atoms with Gasteiger partial charge in [-0.15, -0.1) is 11.3 Å². The molecule has 4 rings (SSSR count). The van der Waals surface area contributed by atoms with Crippen LogP contribution < -0.4 is 4.74 Å². The molecule has 146 valence electrons. The average Bonchev–Trinajstić information content (AvgIpc) is 3.05. The summed E-state index contributed by atoms with van der Waals surface area (Å²) in [5, 5.41) is 1.66. The lowest BCUT2D eigenvalue weighted by Gasteiger charge is -2.35. The average molecular weight is 416 g/mol. The maximum atomic E-state index is 13.3. The van der Waals surface area contributed by atoms with E-state index >= 15 is 0 Å².